The number of hydrogen-bond donors (Lipinski definition) is 1. The molecule has 8 heteroatoms. The summed E-state index contributed by atoms with van der Waals surface area (Å²) < 4.78 is 2.55. The quantitative estimate of drug-likeness (QED) is 0.868. The lowest BCUT2D eigenvalue weighted by molar-refractivity contribution is -0.120. The first kappa shape index (κ1) is 16.9. The third-order valence-corrected chi connectivity index (χ3v) is 4.62. The Balaban J connectivity index is 1.67. The van der Waals surface area contributed by atoms with Gasteiger partial charge in [0.05, 0.1) is 11.9 Å². The Morgan fingerprint density at radius 2 is 1.92 bits per heavy atom. The van der Waals surface area contributed by atoms with Crippen molar-refractivity contribution >= 4 is 17.4 Å². The number of nitrogens with one attached hydrogen (secondary N) is 1. The smallest absolute Gasteiger partial charge is 0.332 e. The van der Waals surface area contributed by atoms with E-state index in [1.54, 1.807) is 31.6 Å². The molecule has 0 aliphatic carbocycles. The Morgan fingerprint density at radius 3 is 2.56 bits per heavy atom. The molecule has 2 aromatic heterocycles. The van der Waals surface area contributed by atoms with Crippen molar-refractivity contribution in [3.63, 3.8) is 0 Å². The van der Waals surface area contributed by atoms with Gasteiger partial charge in [0.1, 0.15) is 5.82 Å². The number of carbonyl (C=O) groups is 1. The number of hydrogen-bond acceptors (Lipinski definition) is 5. The average molecular weight is 343 g/mol. The van der Waals surface area contributed by atoms with E-state index in [4.69, 9.17) is 0 Å². The van der Waals surface area contributed by atoms with Crippen LogP contribution in [0.1, 0.15) is 12.8 Å². The van der Waals surface area contributed by atoms with Crippen LogP contribution in [-0.4, -0.2) is 33.1 Å². The number of anilines is 2. The molecule has 3 rings (SSSR count). The first-order valence-electron chi connectivity index (χ1n) is 8.20. The molecule has 3 heterocycles. The third-order valence-electron chi connectivity index (χ3n) is 4.62. The van der Waals surface area contributed by atoms with Crippen LogP contribution in [0.3, 0.4) is 0 Å². The zero-order chi connectivity index (χ0) is 18.0. The van der Waals surface area contributed by atoms with Gasteiger partial charge in [-0.15, -0.1) is 0 Å². The molecule has 25 heavy (non-hydrogen) atoms. The Bertz CT molecular complexity index is 879. The minimum atomic E-state index is -0.348. The van der Waals surface area contributed by atoms with E-state index in [2.05, 4.69) is 10.3 Å². The molecule has 0 saturated carbocycles. The minimum absolute atomic E-state index is 0.0227. The molecule has 0 spiro atoms. The Hall–Kier alpha value is -2.90. The zero-order valence-electron chi connectivity index (χ0n) is 14.3. The maximum Gasteiger partial charge on any atom is 0.332 e. The van der Waals surface area contributed by atoms with Gasteiger partial charge in [0, 0.05) is 45.4 Å². The van der Waals surface area contributed by atoms with E-state index in [1.807, 2.05) is 4.90 Å². The SMILES string of the molecule is Cn1c(N2CCC(C(=O)Nc3cccnc3)CC2)cc(=O)n(C)c1=O. The van der Waals surface area contributed by atoms with Crippen LogP contribution >= 0.6 is 0 Å². The van der Waals surface area contributed by atoms with Crippen molar-refractivity contribution in [2.24, 2.45) is 20.0 Å². The zero-order valence-corrected chi connectivity index (χ0v) is 14.3. The molecule has 1 amide bonds. The van der Waals surface area contributed by atoms with E-state index in [9.17, 15) is 14.4 Å². The number of aromatic nitrogens is 3. The molecule has 1 aliphatic heterocycles. The normalized spacial score (nSPS) is 15.2. The first-order chi connectivity index (χ1) is 12.0. The maximum atomic E-state index is 12.4. The fraction of sp³-hybridized carbons (Fsp3) is 0.412. The van der Waals surface area contributed by atoms with Crippen molar-refractivity contribution in [2.45, 2.75) is 12.8 Å². The maximum absolute atomic E-state index is 12.4. The number of pyridine rings is 1. The van der Waals surface area contributed by atoms with E-state index in [-0.39, 0.29) is 23.1 Å². The van der Waals surface area contributed by atoms with Crippen molar-refractivity contribution in [2.75, 3.05) is 23.3 Å². The molecule has 1 saturated heterocycles. The average Bonchev–Trinajstić information content (AvgIpc) is 2.64. The highest BCUT2D eigenvalue weighted by Gasteiger charge is 2.26. The van der Waals surface area contributed by atoms with Crippen LogP contribution in [0.15, 0.2) is 40.2 Å². The second kappa shape index (κ2) is 6.92. The van der Waals surface area contributed by atoms with Gasteiger partial charge >= 0.3 is 5.69 Å². The summed E-state index contributed by atoms with van der Waals surface area (Å²) >= 11 is 0. The highest BCUT2D eigenvalue weighted by molar-refractivity contribution is 5.92. The third kappa shape index (κ3) is 3.47. The molecular formula is C17H21N5O3. The fourth-order valence-electron chi connectivity index (χ4n) is 3.08. The lowest BCUT2D eigenvalue weighted by Gasteiger charge is -2.33. The molecule has 0 bridgehead atoms. The molecule has 132 valence electrons. The Morgan fingerprint density at radius 1 is 1.20 bits per heavy atom. The topological polar surface area (TPSA) is 89.2 Å². The second-order valence-corrected chi connectivity index (χ2v) is 6.23. The summed E-state index contributed by atoms with van der Waals surface area (Å²) in [5.41, 5.74) is 0.0115. The van der Waals surface area contributed by atoms with Crippen LogP contribution in [0.25, 0.3) is 0 Å². The number of piperidine rings is 1. The highest BCUT2D eigenvalue weighted by atomic mass is 16.2. The second-order valence-electron chi connectivity index (χ2n) is 6.23. The molecule has 1 aliphatic rings. The van der Waals surface area contributed by atoms with Crippen LogP contribution < -0.4 is 21.5 Å². The van der Waals surface area contributed by atoms with Crippen LogP contribution in [0.4, 0.5) is 11.5 Å². The van der Waals surface area contributed by atoms with E-state index >= 15 is 0 Å². The molecule has 0 unspecified atom stereocenters. The molecule has 0 atom stereocenters. The lowest BCUT2D eigenvalue weighted by Crippen LogP contribution is -2.44. The summed E-state index contributed by atoms with van der Waals surface area (Å²) in [4.78, 5) is 42.3. The van der Waals surface area contributed by atoms with Crippen molar-refractivity contribution in [1.82, 2.24) is 14.1 Å². The highest BCUT2D eigenvalue weighted by Crippen LogP contribution is 2.22. The van der Waals surface area contributed by atoms with Crippen LogP contribution in [-0.2, 0) is 18.9 Å². The number of rotatable bonds is 3. The largest absolute Gasteiger partial charge is 0.358 e. The molecule has 0 radical (unpaired) electrons. The fourth-order valence-corrected chi connectivity index (χ4v) is 3.08. The van der Waals surface area contributed by atoms with Crippen molar-refractivity contribution in [3.05, 3.63) is 51.4 Å². The van der Waals surface area contributed by atoms with Gasteiger partial charge in [0.15, 0.2) is 0 Å². The minimum Gasteiger partial charge on any atom is -0.358 e. The van der Waals surface area contributed by atoms with Gasteiger partial charge in [0.25, 0.3) is 5.56 Å². The summed E-state index contributed by atoms with van der Waals surface area (Å²) in [6.45, 7) is 1.23. The monoisotopic (exact) mass is 343 g/mol. The number of nitrogens with zero attached hydrogens (tertiary/aromatic N) is 4. The summed E-state index contributed by atoms with van der Waals surface area (Å²) in [6, 6.07) is 5.04. The van der Waals surface area contributed by atoms with E-state index in [0.717, 1.165) is 4.57 Å². The van der Waals surface area contributed by atoms with Crippen molar-refractivity contribution in [3.8, 4) is 0 Å². The number of amides is 1. The van der Waals surface area contributed by atoms with Gasteiger partial charge in [-0.2, -0.15) is 0 Å². The standard InChI is InChI=1S/C17H21N5O3/c1-20-14(10-15(23)21(2)17(20)25)22-8-5-12(6-9-22)16(24)19-13-4-3-7-18-11-13/h3-4,7,10-12H,5-6,8-9H2,1-2H3,(H,19,24). The van der Waals surface area contributed by atoms with Crippen molar-refractivity contribution < 1.29 is 4.79 Å². The predicted octanol–water partition coefficient (Wildman–Crippen LogP) is 0.334. The Kier molecular flexibility index (Phi) is 4.69. The van der Waals surface area contributed by atoms with Crippen molar-refractivity contribution in [1.29, 1.82) is 0 Å². The molecular weight excluding hydrogens is 322 g/mol. The van der Waals surface area contributed by atoms with Crippen LogP contribution in [0.2, 0.25) is 0 Å². The Labute approximate surface area is 144 Å². The van der Waals surface area contributed by atoms with Crippen LogP contribution in [0, 0.1) is 5.92 Å². The van der Waals surface area contributed by atoms with E-state index < -0.39 is 0 Å². The van der Waals surface area contributed by atoms with E-state index in [0.29, 0.717) is 37.4 Å². The predicted molar refractivity (Wildman–Crippen MR) is 94.7 cm³/mol. The summed E-state index contributed by atoms with van der Waals surface area (Å²) in [6.07, 6.45) is 4.59. The molecule has 1 N–H and O–H groups in total. The first-order valence-corrected chi connectivity index (χ1v) is 8.20. The number of carbonyl (C=O) groups excluding carboxylic acids is 1. The van der Waals surface area contributed by atoms with Gasteiger partial charge in [-0.05, 0) is 25.0 Å². The molecule has 8 nitrogen and oxygen atoms in total. The van der Waals surface area contributed by atoms with Gasteiger partial charge < -0.3 is 10.2 Å². The van der Waals surface area contributed by atoms with Gasteiger partial charge in [0.2, 0.25) is 5.91 Å². The van der Waals surface area contributed by atoms with Crippen LogP contribution in [0.5, 0.6) is 0 Å². The molecule has 1 fully saturated rings. The summed E-state index contributed by atoms with van der Waals surface area (Å²) in [7, 11) is 3.11. The molecule has 0 aromatic carbocycles. The molecule has 2 aromatic rings. The van der Waals surface area contributed by atoms with E-state index in [1.165, 1.54) is 17.7 Å². The van der Waals surface area contributed by atoms with Gasteiger partial charge in [-0.3, -0.25) is 23.7 Å². The summed E-state index contributed by atoms with van der Waals surface area (Å²) in [5, 5.41) is 2.87. The lowest BCUT2D eigenvalue weighted by atomic mass is 9.96. The van der Waals surface area contributed by atoms with Gasteiger partial charge in [-0.1, -0.05) is 0 Å². The summed E-state index contributed by atoms with van der Waals surface area (Å²) in [5.74, 6) is 0.477. The van der Waals surface area contributed by atoms with Gasteiger partial charge in [-0.25, -0.2) is 4.79 Å².